The van der Waals surface area contributed by atoms with Crippen LogP contribution in [0.4, 0.5) is 8.78 Å². The minimum atomic E-state index is -3.78. The summed E-state index contributed by atoms with van der Waals surface area (Å²) < 4.78 is 30.5. The van der Waals surface area contributed by atoms with Gasteiger partial charge in [-0.3, -0.25) is 9.28 Å². The summed E-state index contributed by atoms with van der Waals surface area (Å²) in [6, 6.07) is 0. The second kappa shape index (κ2) is 2.99. The number of likely N-dealkylation sites (N-methyl/N-ethyl adjacent to an activating group) is 1. The van der Waals surface area contributed by atoms with Crippen LogP contribution in [0.5, 0.6) is 0 Å². The minimum absolute atomic E-state index is 0.0206. The quantitative estimate of drug-likeness (QED) is 0.545. The second-order valence-electron chi connectivity index (χ2n) is 4.04. The van der Waals surface area contributed by atoms with E-state index < -0.39 is 17.5 Å². The average Bonchev–Trinajstić information content (AvgIpc) is 2.19. The van der Waals surface area contributed by atoms with E-state index in [0.29, 0.717) is 26.3 Å². The van der Waals surface area contributed by atoms with Crippen molar-refractivity contribution in [2.24, 2.45) is 0 Å². The van der Waals surface area contributed by atoms with Crippen LogP contribution in [0.25, 0.3) is 0 Å². The number of Topliss-reactive ketones (excluding diaryl/α,β-unsaturated/α-hetero) is 1. The molecule has 2 rings (SSSR count). The molecule has 0 aromatic rings. The van der Waals surface area contributed by atoms with Crippen LogP contribution in [0.15, 0.2) is 11.5 Å². The largest absolute Gasteiger partial charge is 0.867 e. The zero-order chi connectivity index (χ0) is 11.3. The lowest BCUT2D eigenvalue weighted by Gasteiger charge is -2.46. The van der Waals surface area contributed by atoms with Crippen molar-refractivity contribution in [2.75, 3.05) is 33.4 Å². The van der Waals surface area contributed by atoms with E-state index >= 15 is 0 Å². The van der Waals surface area contributed by atoms with Crippen LogP contribution < -0.4 is 5.11 Å². The highest BCUT2D eigenvalue weighted by Crippen LogP contribution is 2.41. The molecule has 1 saturated heterocycles. The molecule has 0 aromatic carbocycles. The number of ether oxygens (including phenoxy) is 1. The van der Waals surface area contributed by atoms with Gasteiger partial charge < -0.3 is 9.84 Å². The number of rotatable bonds is 1. The minimum Gasteiger partial charge on any atom is -0.867 e. The molecular formula is C9H11F2NO3. The first kappa shape index (κ1) is 10.5. The predicted molar refractivity (Wildman–Crippen MR) is 43.7 cm³/mol. The molecule has 84 valence electrons. The van der Waals surface area contributed by atoms with Gasteiger partial charge in [0.1, 0.15) is 13.1 Å². The molecule has 1 fully saturated rings. The first-order valence-electron chi connectivity index (χ1n) is 4.67. The SMILES string of the molecule is C[N+]1(C2=C([O-])C(F)(F)C2=O)CCOCC1. The molecule has 0 aromatic heterocycles. The number of halogens is 2. The van der Waals surface area contributed by atoms with Crippen LogP contribution in [-0.4, -0.2) is 49.5 Å². The third kappa shape index (κ3) is 1.28. The smallest absolute Gasteiger partial charge is 0.332 e. The van der Waals surface area contributed by atoms with Gasteiger partial charge in [-0.1, -0.05) is 0 Å². The van der Waals surface area contributed by atoms with Crippen LogP contribution in [-0.2, 0) is 9.53 Å². The Balaban J connectivity index is 2.33. The first-order chi connectivity index (χ1) is 6.89. The number of alkyl halides is 2. The molecule has 0 bridgehead atoms. The number of morpholine rings is 1. The van der Waals surface area contributed by atoms with Crippen LogP contribution >= 0.6 is 0 Å². The van der Waals surface area contributed by atoms with E-state index in [1.165, 1.54) is 0 Å². The maximum atomic E-state index is 12.7. The first-order valence-corrected chi connectivity index (χ1v) is 4.67. The molecule has 4 nitrogen and oxygen atoms in total. The van der Waals surface area contributed by atoms with Gasteiger partial charge >= 0.3 is 5.92 Å². The predicted octanol–water partition coefficient (Wildman–Crippen LogP) is -0.747. The van der Waals surface area contributed by atoms with Gasteiger partial charge in [0.05, 0.1) is 20.3 Å². The number of carbonyl (C=O) groups excluding carboxylic acids is 1. The third-order valence-corrected chi connectivity index (χ3v) is 3.00. The molecule has 2 aliphatic rings. The number of hydrogen-bond acceptors (Lipinski definition) is 3. The van der Waals surface area contributed by atoms with Gasteiger partial charge in [0.15, 0.2) is 5.70 Å². The Hall–Kier alpha value is -1.01. The Labute approximate surface area is 85.3 Å². The fraction of sp³-hybridized carbons (Fsp3) is 0.667. The van der Waals surface area contributed by atoms with Crippen molar-refractivity contribution in [3.8, 4) is 0 Å². The molecule has 1 heterocycles. The Bertz CT molecular complexity index is 345. The molecule has 1 aliphatic carbocycles. The lowest BCUT2D eigenvalue weighted by atomic mass is 9.93. The highest BCUT2D eigenvalue weighted by molar-refractivity contribution is 6.08. The number of quaternary nitrogens is 1. The van der Waals surface area contributed by atoms with Crippen LogP contribution in [0.3, 0.4) is 0 Å². The van der Waals surface area contributed by atoms with E-state index in [0.717, 1.165) is 0 Å². The molecular weight excluding hydrogens is 208 g/mol. The van der Waals surface area contributed by atoms with Gasteiger partial charge in [-0.25, -0.2) is 0 Å². The van der Waals surface area contributed by atoms with Crippen molar-refractivity contribution < 1.29 is 27.9 Å². The maximum absolute atomic E-state index is 12.7. The maximum Gasteiger partial charge on any atom is 0.332 e. The standard InChI is InChI=1S/C9H11F2NO3/c1-12(2-4-15-5-3-12)6-7(13)9(10,11)8(6)14/h2-5H2,1H3. The molecule has 0 atom stereocenters. The molecule has 0 spiro atoms. The lowest BCUT2D eigenvalue weighted by Crippen LogP contribution is -2.63. The van der Waals surface area contributed by atoms with Crippen molar-refractivity contribution >= 4 is 5.78 Å². The van der Waals surface area contributed by atoms with Crippen LogP contribution in [0.2, 0.25) is 0 Å². The Morgan fingerprint density at radius 2 is 1.93 bits per heavy atom. The summed E-state index contributed by atoms with van der Waals surface area (Å²) in [6.07, 6.45) is 0. The zero-order valence-electron chi connectivity index (χ0n) is 8.26. The highest BCUT2D eigenvalue weighted by atomic mass is 19.3. The average molecular weight is 219 g/mol. The zero-order valence-corrected chi connectivity index (χ0v) is 8.26. The van der Waals surface area contributed by atoms with E-state index in [1.54, 1.807) is 7.05 Å². The summed E-state index contributed by atoms with van der Waals surface area (Å²) in [6.45, 7) is 1.55. The topological polar surface area (TPSA) is 49.4 Å². The normalized spacial score (nSPS) is 28.9. The highest BCUT2D eigenvalue weighted by Gasteiger charge is 2.58. The van der Waals surface area contributed by atoms with Gasteiger partial charge in [0, 0.05) is 5.76 Å². The van der Waals surface area contributed by atoms with E-state index in [9.17, 15) is 18.7 Å². The van der Waals surface area contributed by atoms with Gasteiger partial charge in [-0.15, -0.1) is 0 Å². The molecule has 15 heavy (non-hydrogen) atoms. The fourth-order valence-corrected chi connectivity index (χ4v) is 1.90. The van der Waals surface area contributed by atoms with Gasteiger partial charge in [0.25, 0.3) is 5.78 Å². The number of allylic oxidation sites excluding steroid dienone is 2. The number of hydrogen-bond donors (Lipinski definition) is 0. The summed E-state index contributed by atoms with van der Waals surface area (Å²) in [5, 5.41) is 11.1. The van der Waals surface area contributed by atoms with Gasteiger partial charge in [0.2, 0.25) is 0 Å². The summed E-state index contributed by atoms with van der Waals surface area (Å²) in [5.41, 5.74) is -0.275. The number of nitrogens with zero attached hydrogens (tertiary/aromatic N) is 1. The summed E-state index contributed by atoms with van der Waals surface area (Å²) in [4.78, 5) is 11.1. The second-order valence-corrected chi connectivity index (χ2v) is 4.04. The van der Waals surface area contributed by atoms with Crippen molar-refractivity contribution in [3.05, 3.63) is 11.5 Å². The summed E-state index contributed by atoms with van der Waals surface area (Å²) >= 11 is 0. The summed E-state index contributed by atoms with van der Waals surface area (Å²) in [5.74, 6) is -6.43. The van der Waals surface area contributed by atoms with Gasteiger partial charge in [-0.05, 0) is 0 Å². The third-order valence-electron chi connectivity index (χ3n) is 3.00. The Morgan fingerprint density at radius 3 is 2.40 bits per heavy atom. The number of ketones is 1. The number of carbonyl (C=O) groups is 1. The molecule has 0 unspecified atom stereocenters. The van der Waals surface area contributed by atoms with Crippen molar-refractivity contribution in [1.29, 1.82) is 0 Å². The lowest BCUT2D eigenvalue weighted by molar-refractivity contribution is -0.880. The van der Waals surface area contributed by atoms with E-state index in [4.69, 9.17) is 4.74 Å². The Kier molecular flexibility index (Phi) is 2.09. The summed E-state index contributed by atoms with van der Waals surface area (Å²) in [7, 11) is 1.61. The van der Waals surface area contributed by atoms with Crippen LogP contribution in [0.1, 0.15) is 0 Å². The van der Waals surface area contributed by atoms with Crippen LogP contribution in [0, 0.1) is 0 Å². The van der Waals surface area contributed by atoms with E-state index in [-0.39, 0.29) is 10.2 Å². The molecule has 0 saturated carbocycles. The molecule has 0 N–H and O–H groups in total. The fourth-order valence-electron chi connectivity index (χ4n) is 1.90. The van der Waals surface area contributed by atoms with Gasteiger partial charge in [-0.2, -0.15) is 8.78 Å². The van der Waals surface area contributed by atoms with Crippen molar-refractivity contribution in [2.45, 2.75) is 5.92 Å². The molecule has 0 radical (unpaired) electrons. The molecule has 1 aliphatic heterocycles. The monoisotopic (exact) mass is 219 g/mol. The van der Waals surface area contributed by atoms with Crippen molar-refractivity contribution in [1.82, 2.24) is 0 Å². The molecule has 6 heteroatoms. The van der Waals surface area contributed by atoms with E-state index in [2.05, 4.69) is 0 Å². The molecule has 0 amide bonds. The Morgan fingerprint density at radius 1 is 1.40 bits per heavy atom. The van der Waals surface area contributed by atoms with Crippen molar-refractivity contribution in [3.63, 3.8) is 0 Å². The van der Waals surface area contributed by atoms with E-state index in [1.807, 2.05) is 0 Å².